The molecule has 0 radical (unpaired) electrons. The minimum absolute atomic E-state index is 0.362. The number of aromatic nitrogens is 3. The Labute approximate surface area is 141 Å². The highest BCUT2D eigenvalue weighted by molar-refractivity contribution is 7.98. The Hall–Kier alpha value is -2.62. The van der Waals surface area contributed by atoms with E-state index >= 15 is 0 Å². The van der Waals surface area contributed by atoms with Crippen LogP contribution in [0.2, 0.25) is 0 Å². The normalized spacial score (nSPS) is 11.9. The van der Waals surface area contributed by atoms with Crippen molar-refractivity contribution in [2.45, 2.75) is 19.2 Å². The first-order chi connectivity index (χ1) is 11.5. The molecule has 10 heteroatoms. The monoisotopic (exact) mass is 351 g/mol. The first-order valence-corrected chi connectivity index (χ1v) is 8.46. The van der Waals surface area contributed by atoms with Crippen molar-refractivity contribution in [3.05, 3.63) is 34.6 Å². The van der Waals surface area contributed by atoms with Gasteiger partial charge in [0.15, 0.2) is 6.73 Å². The molecule has 1 aromatic heterocycles. The first kappa shape index (κ1) is 17.7. The van der Waals surface area contributed by atoms with Crippen molar-refractivity contribution < 1.29 is 14.3 Å². The van der Waals surface area contributed by atoms with Gasteiger partial charge in [-0.2, -0.15) is 16.4 Å². The van der Waals surface area contributed by atoms with E-state index in [9.17, 15) is 14.4 Å². The molecule has 0 aliphatic rings. The molecule has 3 N–H and O–H groups in total. The number of hydrogen-bond donors (Lipinski definition) is 2. The molecule has 128 valence electrons. The Morgan fingerprint density at radius 1 is 1.42 bits per heavy atom. The van der Waals surface area contributed by atoms with Gasteiger partial charge in [0.05, 0.1) is 5.39 Å². The molecule has 0 saturated heterocycles. The largest absolute Gasteiger partial charge is 0.441 e. The Kier molecular flexibility index (Phi) is 6.13. The molecule has 1 heterocycles. The van der Waals surface area contributed by atoms with Crippen molar-refractivity contribution in [3.63, 3.8) is 0 Å². The minimum Gasteiger partial charge on any atom is -0.441 e. The quantitative estimate of drug-likeness (QED) is 0.676. The van der Waals surface area contributed by atoms with E-state index in [1.807, 2.05) is 6.26 Å². The van der Waals surface area contributed by atoms with Crippen molar-refractivity contribution in [2.24, 2.45) is 5.73 Å². The number of nitrogens with zero attached hydrogens (tertiary/aromatic N) is 3. The Morgan fingerprint density at radius 3 is 2.88 bits per heavy atom. The number of fused-ring (bicyclic) bond motifs is 1. The summed E-state index contributed by atoms with van der Waals surface area (Å²) in [5.41, 5.74) is 5.09. The van der Waals surface area contributed by atoms with Gasteiger partial charge in [0.2, 0.25) is 0 Å². The van der Waals surface area contributed by atoms with E-state index in [0.717, 1.165) is 4.68 Å². The zero-order valence-corrected chi connectivity index (χ0v) is 13.8. The number of benzene rings is 1. The molecule has 2 rings (SSSR count). The lowest BCUT2D eigenvalue weighted by Gasteiger charge is -2.16. The second-order valence-corrected chi connectivity index (χ2v) is 5.83. The molecule has 0 saturated carbocycles. The molecule has 24 heavy (non-hydrogen) atoms. The number of rotatable bonds is 7. The molecule has 1 aromatic carbocycles. The molecule has 9 nitrogen and oxygen atoms in total. The van der Waals surface area contributed by atoms with Gasteiger partial charge in [0.1, 0.15) is 11.6 Å². The zero-order valence-electron chi connectivity index (χ0n) is 13.0. The first-order valence-electron chi connectivity index (χ1n) is 7.07. The molecule has 2 amide bonds. The summed E-state index contributed by atoms with van der Waals surface area (Å²) in [5.74, 6) is -0.0554. The van der Waals surface area contributed by atoms with E-state index in [1.165, 1.54) is 11.8 Å². The maximum absolute atomic E-state index is 12.2. The van der Waals surface area contributed by atoms with Crippen molar-refractivity contribution in [3.8, 4) is 0 Å². The summed E-state index contributed by atoms with van der Waals surface area (Å²) in [6.45, 7) is -0.397. The second kappa shape index (κ2) is 8.29. The van der Waals surface area contributed by atoms with E-state index in [4.69, 9.17) is 10.5 Å². The third-order valence-corrected chi connectivity index (χ3v) is 3.81. The standard InChI is InChI=1S/C14H17N5O4S/c1-24-7-6-11(16-14(15)22)13(21)23-8-19-12(20)9-4-2-3-5-10(9)17-18-19/h2-5,11H,6-8H2,1H3,(H3,15,16,22)/t11-/m0/s1. The van der Waals surface area contributed by atoms with Gasteiger partial charge in [-0.1, -0.05) is 17.3 Å². The van der Waals surface area contributed by atoms with Crippen LogP contribution in [-0.4, -0.2) is 45.0 Å². The fourth-order valence-electron chi connectivity index (χ4n) is 1.99. The molecular formula is C14H17N5O4S. The van der Waals surface area contributed by atoms with E-state index in [-0.39, 0.29) is 0 Å². The topological polar surface area (TPSA) is 129 Å². The van der Waals surface area contributed by atoms with Gasteiger partial charge in [-0.05, 0) is 30.6 Å². The van der Waals surface area contributed by atoms with Gasteiger partial charge < -0.3 is 15.8 Å². The van der Waals surface area contributed by atoms with Crippen molar-refractivity contribution in [1.29, 1.82) is 0 Å². The summed E-state index contributed by atoms with van der Waals surface area (Å²) in [4.78, 5) is 35.3. The maximum Gasteiger partial charge on any atom is 0.330 e. The van der Waals surface area contributed by atoms with Gasteiger partial charge in [-0.3, -0.25) is 4.79 Å². The number of hydrogen-bond acceptors (Lipinski definition) is 7. The molecule has 2 aromatic rings. The van der Waals surface area contributed by atoms with Crippen LogP contribution in [0.5, 0.6) is 0 Å². The highest BCUT2D eigenvalue weighted by atomic mass is 32.2. The lowest BCUT2D eigenvalue weighted by atomic mass is 10.2. The van der Waals surface area contributed by atoms with Crippen LogP contribution in [-0.2, 0) is 16.3 Å². The number of carbonyl (C=O) groups is 2. The maximum atomic E-state index is 12.2. The van der Waals surface area contributed by atoms with E-state index in [0.29, 0.717) is 23.1 Å². The summed E-state index contributed by atoms with van der Waals surface area (Å²) in [6.07, 6.45) is 2.23. The Morgan fingerprint density at radius 2 is 2.17 bits per heavy atom. The molecule has 0 aliphatic heterocycles. The van der Waals surface area contributed by atoms with Crippen LogP contribution in [0.4, 0.5) is 4.79 Å². The predicted molar refractivity (Wildman–Crippen MR) is 89.4 cm³/mol. The van der Waals surface area contributed by atoms with E-state index in [1.54, 1.807) is 24.3 Å². The molecule has 0 unspecified atom stereocenters. The molecule has 1 atom stereocenters. The van der Waals surface area contributed by atoms with Gasteiger partial charge >= 0.3 is 12.0 Å². The van der Waals surface area contributed by atoms with Crippen LogP contribution >= 0.6 is 11.8 Å². The van der Waals surface area contributed by atoms with Gasteiger partial charge in [-0.25, -0.2) is 9.59 Å². The average molecular weight is 351 g/mol. The molecule has 0 bridgehead atoms. The van der Waals surface area contributed by atoms with Gasteiger partial charge in [-0.15, -0.1) is 5.10 Å². The lowest BCUT2D eigenvalue weighted by Crippen LogP contribution is -2.45. The lowest BCUT2D eigenvalue weighted by molar-refractivity contribution is -0.150. The van der Waals surface area contributed by atoms with Crippen LogP contribution in [0.3, 0.4) is 0 Å². The van der Waals surface area contributed by atoms with Gasteiger partial charge in [0, 0.05) is 0 Å². The molecule has 0 fully saturated rings. The molecule has 0 spiro atoms. The fourth-order valence-corrected chi connectivity index (χ4v) is 2.46. The van der Waals surface area contributed by atoms with Crippen molar-refractivity contribution >= 4 is 34.7 Å². The zero-order chi connectivity index (χ0) is 17.5. The van der Waals surface area contributed by atoms with Crippen LogP contribution in [0, 0.1) is 0 Å². The number of urea groups is 1. The average Bonchev–Trinajstić information content (AvgIpc) is 2.57. The smallest absolute Gasteiger partial charge is 0.330 e. The fraction of sp³-hybridized carbons (Fsp3) is 0.357. The number of nitrogens with one attached hydrogen (secondary N) is 1. The second-order valence-electron chi connectivity index (χ2n) is 4.85. The Balaban J connectivity index is 2.08. The van der Waals surface area contributed by atoms with Crippen LogP contribution in [0.1, 0.15) is 6.42 Å². The minimum atomic E-state index is -0.876. The number of primary amides is 1. The third-order valence-electron chi connectivity index (χ3n) is 3.17. The Bertz CT molecular complexity index is 794. The van der Waals surface area contributed by atoms with Gasteiger partial charge in [0.25, 0.3) is 5.56 Å². The molecule has 0 aliphatic carbocycles. The third kappa shape index (κ3) is 4.44. The summed E-state index contributed by atoms with van der Waals surface area (Å²) in [7, 11) is 0. The van der Waals surface area contributed by atoms with Crippen molar-refractivity contribution in [1.82, 2.24) is 20.3 Å². The van der Waals surface area contributed by atoms with Crippen LogP contribution in [0.15, 0.2) is 29.1 Å². The summed E-state index contributed by atoms with van der Waals surface area (Å²) in [6, 6.07) is 5.03. The summed E-state index contributed by atoms with van der Waals surface area (Å²) < 4.78 is 6.00. The molecular weight excluding hydrogens is 334 g/mol. The number of ether oxygens (including phenoxy) is 1. The SMILES string of the molecule is CSCC[C@H](NC(N)=O)C(=O)OCn1nnc2ccccc2c1=O. The van der Waals surface area contributed by atoms with E-state index in [2.05, 4.69) is 15.6 Å². The number of esters is 1. The number of nitrogens with two attached hydrogens (primary N) is 1. The van der Waals surface area contributed by atoms with Crippen molar-refractivity contribution in [2.75, 3.05) is 12.0 Å². The highest BCUT2D eigenvalue weighted by Crippen LogP contribution is 2.05. The van der Waals surface area contributed by atoms with Crippen LogP contribution in [0.25, 0.3) is 10.9 Å². The number of amides is 2. The number of carbonyl (C=O) groups excluding carboxylic acids is 2. The summed E-state index contributed by atoms with van der Waals surface area (Å²) in [5, 5.41) is 10.3. The van der Waals surface area contributed by atoms with E-state index < -0.39 is 30.3 Å². The summed E-state index contributed by atoms with van der Waals surface area (Å²) >= 11 is 1.52. The predicted octanol–water partition coefficient (Wildman–Crippen LogP) is 0.0822. The van der Waals surface area contributed by atoms with Crippen LogP contribution < -0.4 is 16.6 Å². The highest BCUT2D eigenvalue weighted by Gasteiger charge is 2.21. The number of thioether (sulfide) groups is 1.